The number of anilines is 1. The first-order chi connectivity index (χ1) is 6.56. The molecular weight excluding hydrogens is 178 g/mol. The van der Waals surface area contributed by atoms with Crippen LogP contribution in [0.3, 0.4) is 0 Å². The minimum absolute atomic E-state index is 0.167. The highest BCUT2D eigenvalue weighted by atomic mass is 16.5. The SMILES string of the molecule is CC(C)=O.CCOc1ccc(N)cc1. The standard InChI is InChI=1S/C8H11NO.C3H6O/c1-2-10-8-5-3-7(9)4-6-8;1-3(2)4/h3-6H,2,9H2,1H3;1-2H3. The van der Waals surface area contributed by atoms with Crippen molar-refractivity contribution >= 4 is 11.5 Å². The summed E-state index contributed by atoms with van der Waals surface area (Å²) in [7, 11) is 0. The topological polar surface area (TPSA) is 52.3 Å². The van der Waals surface area contributed by atoms with Crippen molar-refractivity contribution in [2.24, 2.45) is 0 Å². The highest BCUT2D eigenvalue weighted by Gasteiger charge is 1.88. The number of benzene rings is 1. The van der Waals surface area contributed by atoms with E-state index in [0.29, 0.717) is 6.61 Å². The molecule has 3 nitrogen and oxygen atoms in total. The van der Waals surface area contributed by atoms with Crippen molar-refractivity contribution in [2.45, 2.75) is 20.8 Å². The van der Waals surface area contributed by atoms with Gasteiger partial charge in [-0.1, -0.05) is 0 Å². The van der Waals surface area contributed by atoms with E-state index in [1.807, 2.05) is 31.2 Å². The van der Waals surface area contributed by atoms with Crippen LogP contribution in [0, 0.1) is 0 Å². The number of ketones is 1. The quantitative estimate of drug-likeness (QED) is 0.736. The number of carbonyl (C=O) groups is 1. The molecule has 0 heterocycles. The zero-order valence-electron chi connectivity index (χ0n) is 8.91. The van der Waals surface area contributed by atoms with Gasteiger partial charge in [0.15, 0.2) is 0 Å². The number of nitrogen functional groups attached to an aromatic ring is 1. The molecule has 0 atom stereocenters. The highest BCUT2D eigenvalue weighted by Crippen LogP contribution is 2.12. The molecule has 0 unspecified atom stereocenters. The van der Waals surface area contributed by atoms with Crippen LogP contribution in [-0.2, 0) is 4.79 Å². The van der Waals surface area contributed by atoms with Gasteiger partial charge in [-0.3, -0.25) is 0 Å². The molecule has 0 saturated carbocycles. The summed E-state index contributed by atoms with van der Waals surface area (Å²) in [5.41, 5.74) is 6.23. The minimum Gasteiger partial charge on any atom is -0.494 e. The third-order valence-corrected chi connectivity index (χ3v) is 1.19. The molecule has 78 valence electrons. The van der Waals surface area contributed by atoms with Gasteiger partial charge in [0.05, 0.1) is 6.61 Å². The maximum absolute atomic E-state index is 9.44. The summed E-state index contributed by atoms with van der Waals surface area (Å²) in [6.45, 7) is 5.71. The Morgan fingerprint density at radius 1 is 1.29 bits per heavy atom. The Bertz CT molecular complexity index is 263. The number of carbonyl (C=O) groups excluding carboxylic acids is 1. The minimum atomic E-state index is 0.167. The third kappa shape index (κ3) is 7.16. The predicted molar refractivity (Wildman–Crippen MR) is 58.4 cm³/mol. The number of ether oxygens (including phenoxy) is 1. The third-order valence-electron chi connectivity index (χ3n) is 1.19. The van der Waals surface area contributed by atoms with E-state index in [1.54, 1.807) is 0 Å². The van der Waals surface area contributed by atoms with E-state index < -0.39 is 0 Å². The first-order valence-electron chi connectivity index (χ1n) is 4.51. The molecule has 0 amide bonds. The van der Waals surface area contributed by atoms with Crippen LogP contribution >= 0.6 is 0 Å². The van der Waals surface area contributed by atoms with Gasteiger partial charge in [-0.2, -0.15) is 0 Å². The lowest BCUT2D eigenvalue weighted by Gasteiger charge is -2.01. The van der Waals surface area contributed by atoms with Crippen LogP contribution in [0.5, 0.6) is 5.75 Å². The van der Waals surface area contributed by atoms with Gasteiger partial charge >= 0.3 is 0 Å². The fraction of sp³-hybridized carbons (Fsp3) is 0.364. The summed E-state index contributed by atoms with van der Waals surface area (Å²) in [5, 5.41) is 0. The largest absolute Gasteiger partial charge is 0.494 e. The van der Waals surface area contributed by atoms with Crippen molar-refractivity contribution in [1.82, 2.24) is 0 Å². The Hall–Kier alpha value is -1.51. The molecule has 0 aliphatic rings. The van der Waals surface area contributed by atoms with E-state index in [1.165, 1.54) is 13.8 Å². The van der Waals surface area contributed by atoms with Gasteiger partial charge in [0.25, 0.3) is 0 Å². The molecular formula is C11H17NO2. The Kier molecular flexibility index (Phi) is 6.20. The van der Waals surface area contributed by atoms with Gasteiger partial charge < -0.3 is 15.3 Å². The molecule has 0 aliphatic heterocycles. The Labute approximate surface area is 84.9 Å². The Balaban J connectivity index is 0.000000364. The zero-order chi connectivity index (χ0) is 11.0. The molecule has 1 rings (SSSR count). The Morgan fingerprint density at radius 3 is 2.07 bits per heavy atom. The maximum Gasteiger partial charge on any atom is 0.126 e. The molecule has 0 aromatic heterocycles. The second-order valence-electron chi connectivity index (χ2n) is 2.91. The van der Waals surface area contributed by atoms with Crippen molar-refractivity contribution in [3.8, 4) is 5.75 Å². The summed E-state index contributed by atoms with van der Waals surface area (Å²) in [5.74, 6) is 1.04. The van der Waals surface area contributed by atoms with Crippen molar-refractivity contribution < 1.29 is 9.53 Å². The molecule has 0 saturated heterocycles. The normalized spacial score (nSPS) is 8.50. The van der Waals surface area contributed by atoms with Crippen LogP contribution in [0.4, 0.5) is 5.69 Å². The van der Waals surface area contributed by atoms with Gasteiger partial charge in [0, 0.05) is 5.69 Å². The molecule has 14 heavy (non-hydrogen) atoms. The summed E-state index contributed by atoms with van der Waals surface area (Å²) in [6, 6.07) is 7.37. The molecule has 1 aromatic rings. The molecule has 0 aliphatic carbocycles. The van der Waals surface area contributed by atoms with E-state index in [0.717, 1.165) is 11.4 Å². The number of rotatable bonds is 2. The fourth-order valence-corrected chi connectivity index (χ4v) is 0.731. The summed E-state index contributed by atoms with van der Waals surface area (Å²) < 4.78 is 5.21. The molecule has 0 fully saturated rings. The molecule has 0 radical (unpaired) electrons. The van der Waals surface area contributed by atoms with E-state index in [-0.39, 0.29) is 5.78 Å². The monoisotopic (exact) mass is 195 g/mol. The van der Waals surface area contributed by atoms with E-state index in [4.69, 9.17) is 10.5 Å². The lowest BCUT2D eigenvalue weighted by molar-refractivity contribution is -0.114. The summed E-state index contributed by atoms with van der Waals surface area (Å²) in [6.07, 6.45) is 0. The second-order valence-corrected chi connectivity index (χ2v) is 2.91. The second kappa shape index (κ2) is 6.95. The lowest BCUT2D eigenvalue weighted by atomic mass is 10.3. The zero-order valence-corrected chi connectivity index (χ0v) is 8.91. The van der Waals surface area contributed by atoms with Crippen LogP contribution in [-0.4, -0.2) is 12.4 Å². The van der Waals surface area contributed by atoms with E-state index >= 15 is 0 Å². The molecule has 1 aromatic carbocycles. The first-order valence-corrected chi connectivity index (χ1v) is 4.51. The number of hydrogen-bond acceptors (Lipinski definition) is 3. The highest BCUT2D eigenvalue weighted by molar-refractivity contribution is 5.72. The smallest absolute Gasteiger partial charge is 0.126 e. The van der Waals surface area contributed by atoms with Crippen molar-refractivity contribution in [3.05, 3.63) is 24.3 Å². The van der Waals surface area contributed by atoms with Gasteiger partial charge in [0.2, 0.25) is 0 Å². The summed E-state index contributed by atoms with van der Waals surface area (Å²) in [4.78, 5) is 9.44. The van der Waals surface area contributed by atoms with Crippen molar-refractivity contribution in [1.29, 1.82) is 0 Å². The lowest BCUT2D eigenvalue weighted by Crippen LogP contribution is -1.91. The maximum atomic E-state index is 9.44. The predicted octanol–water partition coefficient (Wildman–Crippen LogP) is 2.26. The molecule has 2 N–H and O–H groups in total. The van der Waals surface area contributed by atoms with Crippen molar-refractivity contribution in [2.75, 3.05) is 12.3 Å². The average Bonchev–Trinajstić information content (AvgIpc) is 2.08. The van der Waals surface area contributed by atoms with Gasteiger partial charge in [-0.05, 0) is 45.0 Å². The van der Waals surface area contributed by atoms with Crippen LogP contribution in [0.1, 0.15) is 20.8 Å². The average molecular weight is 195 g/mol. The molecule has 0 bridgehead atoms. The van der Waals surface area contributed by atoms with Crippen LogP contribution in [0.25, 0.3) is 0 Å². The first kappa shape index (κ1) is 12.5. The number of Topliss-reactive ketones (excluding diaryl/α,β-unsaturated/α-hetero) is 1. The number of hydrogen-bond donors (Lipinski definition) is 1. The van der Waals surface area contributed by atoms with Gasteiger partial charge in [-0.15, -0.1) is 0 Å². The molecule has 0 spiro atoms. The Morgan fingerprint density at radius 2 is 1.71 bits per heavy atom. The van der Waals surface area contributed by atoms with E-state index in [2.05, 4.69) is 0 Å². The van der Waals surface area contributed by atoms with E-state index in [9.17, 15) is 4.79 Å². The van der Waals surface area contributed by atoms with Gasteiger partial charge in [-0.25, -0.2) is 0 Å². The number of nitrogens with two attached hydrogens (primary N) is 1. The van der Waals surface area contributed by atoms with Crippen LogP contribution in [0.2, 0.25) is 0 Å². The summed E-state index contributed by atoms with van der Waals surface area (Å²) >= 11 is 0. The van der Waals surface area contributed by atoms with Gasteiger partial charge in [0.1, 0.15) is 11.5 Å². The molecule has 3 heteroatoms. The fourth-order valence-electron chi connectivity index (χ4n) is 0.731. The van der Waals surface area contributed by atoms with Crippen LogP contribution in [0.15, 0.2) is 24.3 Å². The van der Waals surface area contributed by atoms with Crippen molar-refractivity contribution in [3.63, 3.8) is 0 Å². The van der Waals surface area contributed by atoms with Crippen LogP contribution < -0.4 is 10.5 Å².